The van der Waals surface area contributed by atoms with Crippen molar-refractivity contribution < 1.29 is 9.90 Å². The predicted octanol–water partition coefficient (Wildman–Crippen LogP) is 2.47. The molecule has 3 N–H and O–H groups in total. The molecule has 1 heterocycles. The van der Waals surface area contributed by atoms with Crippen LogP contribution >= 0.6 is 0 Å². The number of nitrogen functional groups attached to an aromatic ring is 1. The molecule has 2 aromatic carbocycles. The van der Waals surface area contributed by atoms with Crippen LogP contribution in [0.3, 0.4) is 0 Å². The fraction of sp³-hybridized carbons (Fsp3) is 0.278. The zero-order valence-electron chi connectivity index (χ0n) is 13.3. The van der Waals surface area contributed by atoms with Crippen LogP contribution in [0.25, 0.3) is 0 Å². The Morgan fingerprint density at radius 2 is 1.68 bits per heavy atom. The molecule has 0 aromatic heterocycles. The SMILES string of the molecule is Cc1ccc(C2(O)c3c(N)c(C)cc(C)c3C(=O)N2C)cc1. The number of fused-ring (bicyclic) bond motifs is 1. The van der Waals surface area contributed by atoms with Gasteiger partial charge in [0.25, 0.3) is 5.91 Å². The monoisotopic (exact) mass is 296 g/mol. The summed E-state index contributed by atoms with van der Waals surface area (Å²) >= 11 is 0. The first kappa shape index (κ1) is 14.6. The third kappa shape index (κ3) is 1.70. The smallest absolute Gasteiger partial charge is 0.257 e. The number of carbonyl (C=O) groups is 1. The lowest BCUT2D eigenvalue weighted by Gasteiger charge is -2.32. The number of aliphatic hydroxyl groups is 1. The van der Waals surface area contributed by atoms with Gasteiger partial charge in [-0.2, -0.15) is 0 Å². The predicted molar refractivity (Wildman–Crippen MR) is 86.6 cm³/mol. The van der Waals surface area contributed by atoms with Crippen molar-refractivity contribution in [1.82, 2.24) is 4.90 Å². The van der Waals surface area contributed by atoms with E-state index in [-0.39, 0.29) is 5.91 Å². The summed E-state index contributed by atoms with van der Waals surface area (Å²) in [4.78, 5) is 14.0. The average molecular weight is 296 g/mol. The number of rotatable bonds is 1. The molecular formula is C18H20N2O2. The van der Waals surface area contributed by atoms with E-state index in [1.54, 1.807) is 7.05 Å². The average Bonchev–Trinajstić information content (AvgIpc) is 2.68. The molecule has 114 valence electrons. The molecule has 0 fully saturated rings. The Kier molecular flexibility index (Phi) is 3.04. The highest BCUT2D eigenvalue weighted by atomic mass is 16.3. The number of hydrogen-bond donors (Lipinski definition) is 2. The minimum atomic E-state index is -1.53. The molecule has 1 aliphatic rings. The Labute approximate surface area is 130 Å². The second kappa shape index (κ2) is 4.58. The summed E-state index contributed by atoms with van der Waals surface area (Å²) in [5.74, 6) is -0.206. The second-order valence-electron chi connectivity index (χ2n) is 6.08. The summed E-state index contributed by atoms with van der Waals surface area (Å²) in [6, 6.07) is 9.41. The van der Waals surface area contributed by atoms with Crippen molar-refractivity contribution in [3.05, 3.63) is 63.7 Å². The molecule has 4 heteroatoms. The highest BCUT2D eigenvalue weighted by Gasteiger charge is 2.50. The van der Waals surface area contributed by atoms with Gasteiger partial charge in [0.2, 0.25) is 0 Å². The lowest BCUT2D eigenvalue weighted by atomic mass is 9.88. The number of nitrogens with zero attached hydrogens (tertiary/aromatic N) is 1. The quantitative estimate of drug-likeness (QED) is 0.794. The topological polar surface area (TPSA) is 66.6 Å². The molecule has 0 saturated carbocycles. The lowest BCUT2D eigenvalue weighted by molar-refractivity contribution is -0.0364. The van der Waals surface area contributed by atoms with Crippen LogP contribution in [0.1, 0.15) is 38.2 Å². The van der Waals surface area contributed by atoms with Crippen LogP contribution in [0.2, 0.25) is 0 Å². The third-order valence-corrected chi connectivity index (χ3v) is 4.58. The largest absolute Gasteiger partial charge is 0.398 e. The molecule has 0 radical (unpaired) electrons. The van der Waals surface area contributed by atoms with Crippen LogP contribution in [0.15, 0.2) is 30.3 Å². The highest BCUT2D eigenvalue weighted by molar-refractivity contribution is 6.03. The Balaban J connectivity index is 2.36. The molecule has 1 atom stereocenters. The molecule has 1 unspecified atom stereocenters. The maximum absolute atomic E-state index is 12.6. The van der Waals surface area contributed by atoms with E-state index < -0.39 is 5.72 Å². The molecule has 1 aliphatic heterocycles. The number of amides is 1. The maximum Gasteiger partial charge on any atom is 0.257 e. The van der Waals surface area contributed by atoms with Gasteiger partial charge in [0.05, 0.1) is 5.56 Å². The first-order valence-electron chi connectivity index (χ1n) is 7.26. The van der Waals surface area contributed by atoms with Crippen molar-refractivity contribution in [2.45, 2.75) is 26.5 Å². The minimum Gasteiger partial charge on any atom is -0.398 e. The molecule has 0 saturated heterocycles. The van der Waals surface area contributed by atoms with Gasteiger partial charge in [-0.15, -0.1) is 0 Å². The number of benzene rings is 2. The van der Waals surface area contributed by atoms with Gasteiger partial charge in [-0.1, -0.05) is 35.9 Å². The Bertz CT molecular complexity index is 781. The number of carbonyl (C=O) groups excluding carboxylic acids is 1. The van der Waals surface area contributed by atoms with E-state index in [0.29, 0.717) is 22.4 Å². The van der Waals surface area contributed by atoms with E-state index in [2.05, 4.69) is 0 Å². The first-order valence-corrected chi connectivity index (χ1v) is 7.26. The first-order chi connectivity index (χ1) is 10.3. The second-order valence-corrected chi connectivity index (χ2v) is 6.08. The van der Waals surface area contributed by atoms with E-state index in [4.69, 9.17) is 5.73 Å². The summed E-state index contributed by atoms with van der Waals surface area (Å²) in [5, 5.41) is 11.4. The fourth-order valence-corrected chi connectivity index (χ4v) is 3.25. The van der Waals surface area contributed by atoms with Gasteiger partial charge in [0, 0.05) is 23.9 Å². The maximum atomic E-state index is 12.6. The minimum absolute atomic E-state index is 0.206. The van der Waals surface area contributed by atoms with Gasteiger partial charge >= 0.3 is 0 Å². The standard InChI is InChI=1S/C18H20N2O2/c1-10-5-7-13(8-6-10)18(22)15-14(17(21)20(18)4)11(2)9-12(3)16(15)19/h5-9,22H,19H2,1-4H3. The molecule has 4 nitrogen and oxygen atoms in total. The van der Waals surface area contributed by atoms with Crippen molar-refractivity contribution in [3.63, 3.8) is 0 Å². The highest BCUT2D eigenvalue weighted by Crippen LogP contribution is 2.46. The zero-order valence-corrected chi connectivity index (χ0v) is 13.3. The van der Waals surface area contributed by atoms with Crippen LogP contribution in [0.5, 0.6) is 0 Å². The molecule has 1 amide bonds. The molecule has 0 spiro atoms. The molecular weight excluding hydrogens is 276 g/mol. The van der Waals surface area contributed by atoms with Crippen molar-refractivity contribution in [2.24, 2.45) is 0 Å². The summed E-state index contributed by atoms with van der Waals surface area (Å²) in [7, 11) is 1.61. The summed E-state index contributed by atoms with van der Waals surface area (Å²) in [6.45, 7) is 5.74. The number of hydrogen-bond acceptors (Lipinski definition) is 3. The number of anilines is 1. The van der Waals surface area contributed by atoms with Gasteiger partial charge in [-0.05, 0) is 31.9 Å². The van der Waals surface area contributed by atoms with E-state index in [9.17, 15) is 9.90 Å². The van der Waals surface area contributed by atoms with Crippen molar-refractivity contribution >= 4 is 11.6 Å². The van der Waals surface area contributed by atoms with Crippen molar-refractivity contribution in [3.8, 4) is 0 Å². The Morgan fingerprint density at radius 3 is 2.27 bits per heavy atom. The van der Waals surface area contributed by atoms with Crippen LogP contribution in [-0.2, 0) is 5.72 Å². The van der Waals surface area contributed by atoms with Gasteiger partial charge in [-0.25, -0.2) is 0 Å². The molecule has 0 bridgehead atoms. The zero-order chi connectivity index (χ0) is 16.2. The van der Waals surface area contributed by atoms with Crippen LogP contribution in [0, 0.1) is 20.8 Å². The van der Waals surface area contributed by atoms with E-state index in [1.165, 1.54) is 4.90 Å². The van der Waals surface area contributed by atoms with Gasteiger partial charge in [0.1, 0.15) is 0 Å². The van der Waals surface area contributed by atoms with E-state index >= 15 is 0 Å². The summed E-state index contributed by atoms with van der Waals surface area (Å²) in [5.41, 5.74) is 9.62. The van der Waals surface area contributed by atoms with Crippen LogP contribution in [0.4, 0.5) is 5.69 Å². The number of aryl methyl sites for hydroxylation is 3. The van der Waals surface area contributed by atoms with E-state index in [0.717, 1.165) is 16.7 Å². The Hall–Kier alpha value is -2.33. The van der Waals surface area contributed by atoms with Gasteiger partial charge in [0.15, 0.2) is 5.72 Å². The number of nitrogens with two attached hydrogens (primary N) is 1. The van der Waals surface area contributed by atoms with Crippen LogP contribution in [-0.4, -0.2) is 23.0 Å². The molecule has 3 rings (SSSR count). The van der Waals surface area contributed by atoms with Gasteiger partial charge in [-0.3, -0.25) is 4.79 Å². The molecule has 22 heavy (non-hydrogen) atoms. The summed E-state index contributed by atoms with van der Waals surface area (Å²) < 4.78 is 0. The third-order valence-electron chi connectivity index (χ3n) is 4.58. The molecule has 2 aromatic rings. The fourth-order valence-electron chi connectivity index (χ4n) is 3.25. The Morgan fingerprint density at radius 1 is 1.09 bits per heavy atom. The van der Waals surface area contributed by atoms with E-state index in [1.807, 2.05) is 51.1 Å². The lowest BCUT2D eigenvalue weighted by Crippen LogP contribution is -2.42. The van der Waals surface area contributed by atoms with Crippen molar-refractivity contribution in [1.29, 1.82) is 0 Å². The molecule has 0 aliphatic carbocycles. The van der Waals surface area contributed by atoms with Crippen molar-refractivity contribution in [2.75, 3.05) is 12.8 Å². The normalized spacial score (nSPS) is 20.4. The van der Waals surface area contributed by atoms with Gasteiger partial charge < -0.3 is 15.7 Å². The van der Waals surface area contributed by atoms with Crippen LogP contribution < -0.4 is 5.73 Å². The summed E-state index contributed by atoms with van der Waals surface area (Å²) in [6.07, 6.45) is 0.